The van der Waals surface area contributed by atoms with Crippen LogP contribution < -0.4 is 10.1 Å². The summed E-state index contributed by atoms with van der Waals surface area (Å²) < 4.78 is 5.27. The van der Waals surface area contributed by atoms with Gasteiger partial charge < -0.3 is 20.1 Å². The first-order valence-corrected chi connectivity index (χ1v) is 7.65. The van der Waals surface area contributed by atoms with E-state index in [1.165, 1.54) is 38.4 Å². The number of para-hydroxylation sites is 2. The quantitative estimate of drug-likeness (QED) is 0.752. The van der Waals surface area contributed by atoms with Crippen LogP contribution in [0.15, 0.2) is 24.3 Å². The van der Waals surface area contributed by atoms with Gasteiger partial charge in [-0.1, -0.05) is 18.6 Å². The van der Waals surface area contributed by atoms with E-state index < -0.39 is 0 Å². The van der Waals surface area contributed by atoms with Crippen LogP contribution in [0, 0.1) is 0 Å². The first kappa shape index (κ1) is 15.6. The molecule has 1 heterocycles. The monoisotopic (exact) mass is 292 g/mol. The molecule has 1 aromatic rings. The van der Waals surface area contributed by atoms with Gasteiger partial charge in [0.1, 0.15) is 0 Å². The number of aromatic hydroxyl groups is 1. The number of ether oxygens (including phenoxy) is 1. The molecule has 2 rings (SSSR count). The number of hydrogen-bond acceptors (Lipinski definition) is 4. The largest absolute Gasteiger partial charge is 0.504 e. The molecule has 1 fully saturated rings. The number of phenols is 1. The van der Waals surface area contributed by atoms with Gasteiger partial charge in [0.15, 0.2) is 18.1 Å². The fraction of sp³-hybridized carbons (Fsp3) is 0.562. The molecule has 0 atom stereocenters. The van der Waals surface area contributed by atoms with E-state index in [4.69, 9.17) is 4.74 Å². The Morgan fingerprint density at radius 3 is 2.76 bits per heavy atom. The number of amides is 1. The first-order valence-electron chi connectivity index (χ1n) is 7.65. The summed E-state index contributed by atoms with van der Waals surface area (Å²) in [5.74, 6) is 0.230. The molecule has 116 valence electrons. The highest BCUT2D eigenvalue weighted by Gasteiger charge is 2.09. The molecule has 1 aromatic carbocycles. The smallest absolute Gasteiger partial charge is 0.257 e. The van der Waals surface area contributed by atoms with E-state index in [1.54, 1.807) is 18.2 Å². The van der Waals surface area contributed by atoms with Crippen LogP contribution >= 0.6 is 0 Å². The van der Waals surface area contributed by atoms with E-state index >= 15 is 0 Å². The first-order chi connectivity index (χ1) is 10.3. The summed E-state index contributed by atoms with van der Waals surface area (Å²) >= 11 is 0. The van der Waals surface area contributed by atoms with E-state index in [-0.39, 0.29) is 18.3 Å². The molecule has 0 unspecified atom stereocenters. The van der Waals surface area contributed by atoms with Gasteiger partial charge in [-0.3, -0.25) is 4.79 Å². The molecule has 0 aliphatic carbocycles. The van der Waals surface area contributed by atoms with E-state index in [2.05, 4.69) is 10.2 Å². The van der Waals surface area contributed by atoms with Gasteiger partial charge in [0.25, 0.3) is 5.91 Å². The van der Waals surface area contributed by atoms with Crippen LogP contribution in [0.1, 0.15) is 25.7 Å². The van der Waals surface area contributed by atoms with E-state index in [0.717, 1.165) is 13.0 Å². The number of rotatable bonds is 7. The van der Waals surface area contributed by atoms with Gasteiger partial charge in [-0.05, 0) is 51.0 Å². The molecule has 0 aromatic heterocycles. The fourth-order valence-electron chi connectivity index (χ4n) is 2.49. The topological polar surface area (TPSA) is 61.8 Å². The van der Waals surface area contributed by atoms with Crippen LogP contribution in [0.5, 0.6) is 11.5 Å². The number of benzene rings is 1. The van der Waals surface area contributed by atoms with Crippen molar-refractivity contribution in [2.24, 2.45) is 0 Å². The zero-order valence-corrected chi connectivity index (χ0v) is 12.4. The number of piperidine rings is 1. The molecule has 21 heavy (non-hydrogen) atoms. The van der Waals surface area contributed by atoms with Gasteiger partial charge in [0.2, 0.25) is 0 Å². The van der Waals surface area contributed by atoms with Crippen molar-refractivity contribution in [3.05, 3.63) is 24.3 Å². The highest BCUT2D eigenvalue weighted by atomic mass is 16.5. The van der Waals surface area contributed by atoms with Crippen LogP contribution in [0.3, 0.4) is 0 Å². The number of carbonyl (C=O) groups excluding carboxylic acids is 1. The summed E-state index contributed by atoms with van der Waals surface area (Å²) in [5, 5.41) is 12.4. The summed E-state index contributed by atoms with van der Waals surface area (Å²) in [5.41, 5.74) is 0. The molecule has 2 N–H and O–H groups in total. The molecule has 5 heteroatoms. The number of nitrogens with one attached hydrogen (secondary N) is 1. The molecule has 1 amide bonds. The van der Waals surface area contributed by atoms with Gasteiger partial charge in [0.05, 0.1) is 0 Å². The van der Waals surface area contributed by atoms with Gasteiger partial charge in [-0.2, -0.15) is 0 Å². The van der Waals surface area contributed by atoms with Gasteiger partial charge >= 0.3 is 0 Å². The standard InChI is InChI=1S/C16H24N2O3/c19-14-7-2-3-8-15(14)21-13-16(20)17-9-6-12-18-10-4-1-5-11-18/h2-3,7-8,19H,1,4-6,9-13H2,(H,17,20). The lowest BCUT2D eigenvalue weighted by molar-refractivity contribution is -0.123. The number of phenolic OH excluding ortho intramolecular Hbond substituents is 1. The normalized spacial score (nSPS) is 15.6. The number of nitrogens with zero attached hydrogens (tertiary/aromatic N) is 1. The minimum atomic E-state index is -0.156. The van der Waals surface area contributed by atoms with Gasteiger partial charge in [0, 0.05) is 6.54 Å². The highest BCUT2D eigenvalue weighted by Crippen LogP contribution is 2.23. The maximum atomic E-state index is 11.6. The van der Waals surface area contributed by atoms with E-state index in [0.29, 0.717) is 12.3 Å². The summed E-state index contributed by atoms with van der Waals surface area (Å²) in [4.78, 5) is 14.1. The molecule has 0 spiro atoms. The molecule has 1 saturated heterocycles. The van der Waals surface area contributed by atoms with Crippen molar-refractivity contribution >= 4 is 5.91 Å². The van der Waals surface area contributed by atoms with Crippen molar-refractivity contribution in [3.63, 3.8) is 0 Å². The van der Waals surface area contributed by atoms with Crippen molar-refractivity contribution in [1.29, 1.82) is 0 Å². The minimum absolute atomic E-state index is 0.0513. The third kappa shape index (κ3) is 5.63. The maximum absolute atomic E-state index is 11.6. The van der Waals surface area contributed by atoms with Crippen LogP contribution in [-0.2, 0) is 4.79 Å². The highest BCUT2D eigenvalue weighted by molar-refractivity contribution is 5.77. The second-order valence-corrected chi connectivity index (χ2v) is 5.36. The molecule has 0 radical (unpaired) electrons. The Labute approximate surface area is 125 Å². The van der Waals surface area contributed by atoms with Crippen LogP contribution in [0.2, 0.25) is 0 Å². The van der Waals surface area contributed by atoms with Crippen molar-refractivity contribution in [2.45, 2.75) is 25.7 Å². The lowest BCUT2D eigenvalue weighted by atomic mass is 10.1. The molecule has 0 bridgehead atoms. The van der Waals surface area contributed by atoms with Crippen molar-refractivity contribution in [2.75, 3.05) is 32.8 Å². The number of likely N-dealkylation sites (tertiary alicyclic amines) is 1. The molecule has 0 saturated carbocycles. The minimum Gasteiger partial charge on any atom is -0.504 e. The van der Waals surface area contributed by atoms with E-state index in [1.807, 2.05) is 0 Å². The fourth-order valence-corrected chi connectivity index (χ4v) is 2.49. The Bertz CT molecular complexity index is 445. The van der Waals surface area contributed by atoms with Gasteiger partial charge in [-0.25, -0.2) is 0 Å². The number of hydrogen-bond donors (Lipinski definition) is 2. The third-order valence-corrected chi connectivity index (χ3v) is 3.65. The Morgan fingerprint density at radius 2 is 2.00 bits per heavy atom. The van der Waals surface area contributed by atoms with Crippen LogP contribution in [-0.4, -0.2) is 48.7 Å². The maximum Gasteiger partial charge on any atom is 0.257 e. The predicted molar refractivity (Wildman–Crippen MR) is 81.5 cm³/mol. The van der Waals surface area contributed by atoms with Crippen LogP contribution in [0.25, 0.3) is 0 Å². The van der Waals surface area contributed by atoms with Crippen molar-refractivity contribution in [1.82, 2.24) is 10.2 Å². The third-order valence-electron chi connectivity index (χ3n) is 3.65. The predicted octanol–water partition coefficient (Wildman–Crippen LogP) is 1.76. The molecule has 1 aliphatic rings. The summed E-state index contributed by atoms with van der Waals surface area (Å²) in [6.07, 6.45) is 4.89. The second-order valence-electron chi connectivity index (χ2n) is 5.36. The molecular formula is C16H24N2O3. The zero-order valence-electron chi connectivity index (χ0n) is 12.4. The average Bonchev–Trinajstić information content (AvgIpc) is 2.52. The molecular weight excluding hydrogens is 268 g/mol. The van der Waals surface area contributed by atoms with Gasteiger partial charge in [-0.15, -0.1) is 0 Å². The summed E-state index contributed by atoms with van der Waals surface area (Å²) in [7, 11) is 0. The zero-order chi connectivity index (χ0) is 14.9. The molecule has 5 nitrogen and oxygen atoms in total. The average molecular weight is 292 g/mol. The lowest BCUT2D eigenvalue weighted by Crippen LogP contribution is -2.34. The molecule has 1 aliphatic heterocycles. The second kappa shape index (κ2) is 8.52. The summed E-state index contributed by atoms with van der Waals surface area (Å²) in [6, 6.07) is 6.64. The van der Waals surface area contributed by atoms with E-state index in [9.17, 15) is 9.90 Å². The van der Waals surface area contributed by atoms with Crippen LogP contribution in [0.4, 0.5) is 0 Å². The Balaban J connectivity index is 1.56. The summed E-state index contributed by atoms with van der Waals surface area (Å²) in [6.45, 7) is 4.01. The number of carbonyl (C=O) groups is 1. The lowest BCUT2D eigenvalue weighted by Gasteiger charge is -2.26. The Kier molecular flexibility index (Phi) is 6.34. The SMILES string of the molecule is O=C(COc1ccccc1O)NCCCN1CCCCC1. The Hall–Kier alpha value is -1.75. The Morgan fingerprint density at radius 1 is 1.24 bits per heavy atom. The van der Waals surface area contributed by atoms with Crippen molar-refractivity contribution < 1.29 is 14.6 Å². The van der Waals surface area contributed by atoms with Crippen molar-refractivity contribution in [3.8, 4) is 11.5 Å².